The first-order chi connectivity index (χ1) is 8.65. The number of carboxylic acid groups (broad SMARTS) is 1. The molecule has 5 nitrogen and oxygen atoms in total. The van der Waals surface area contributed by atoms with Crippen molar-refractivity contribution in [2.45, 2.75) is 12.8 Å². The highest BCUT2D eigenvalue weighted by atomic mass is 16.5. The van der Waals surface area contributed by atoms with E-state index in [1.165, 1.54) is 0 Å². The standard InChI is InChI=1S/C13H15NO4/c1-2-18-10-6-4-3-5-8(10)9-7-14-12(15)11(9)13(16)17/h3-6,9,11H,2,7H2,1H3,(H,14,15)(H,16,17)/t9-,11+/m1/s1. The predicted octanol–water partition coefficient (Wildman–Crippen LogP) is 0.999. The van der Waals surface area contributed by atoms with Crippen molar-refractivity contribution in [3.8, 4) is 5.75 Å². The monoisotopic (exact) mass is 249 g/mol. The topological polar surface area (TPSA) is 75.6 Å². The number of carboxylic acids is 1. The molecule has 2 N–H and O–H groups in total. The van der Waals surface area contributed by atoms with E-state index in [0.29, 0.717) is 18.9 Å². The van der Waals surface area contributed by atoms with Crippen molar-refractivity contribution >= 4 is 11.9 Å². The third kappa shape index (κ3) is 2.16. The number of nitrogens with one attached hydrogen (secondary N) is 1. The molecule has 1 fully saturated rings. The summed E-state index contributed by atoms with van der Waals surface area (Å²) in [7, 11) is 0. The van der Waals surface area contributed by atoms with Crippen LogP contribution in [0, 0.1) is 5.92 Å². The molecule has 1 saturated heterocycles. The quantitative estimate of drug-likeness (QED) is 0.780. The lowest BCUT2D eigenvalue weighted by atomic mass is 9.88. The lowest BCUT2D eigenvalue weighted by molar-refractivity contribution is -0.145. The zero-order valence-electron chi connectivity index (χ0n) is 10.1. The summed E-state index contributed by atoms with van der Waals surface area (Å²) in [4.78, 5) is 22.7. The van der Waals surface area contributed by atoms with E-state index in [2.05, 4.69) is 5.32 Å². The Morgan fingerprint density at radius 2 is 2.22 bits per heavy atom. The van der Waals surface area contributed by atoms with E-state index in [1.807, 2.05) is 25.1 Å². The minimum atomic E-state index is -1.10. The lowest BCUT2D eigenvalue weighted by Crippen LogP contribution is -2.26. The van der Waals surface area contributed by atoms with Crippen LogP contribution in [-0.2, 0) is 9.59 Å². The van der Waals surface area contributed by atoms with Gasteiger partial charge in [-0.2, -0.15) is 0 Å². The summed E-state index contributed by atoms with van der Waals surface area (Å²) in [5.41, 5.74) is 0.769. The summed E-state index contributed by atoms with van der Waals surface area (Å²) in [5.74, 6) is -2.29. The molecule has 1 aliphatic heterocycles. The normalized spacial score (nSPS) is 22.6. The molecule has 0 unspecified atom stereocenters. The number of benzene rings is 1. The van der Waals surface area contributed by atoms with Gasteiger partial charge in [0.15, 0.2) is 0 Å². The summed E-state index contributed by atoms with van der Waals surface area (Å²) in [6.45, 7) is 2.70. The fourth-order valence-corrected chi connectivity index (χ4v) is 2.27. The first kappa shape index (κ1) is 12.4. The highest BCUT2D eigenvalue weighted by Gasteiger charge is 2.42. The van der Waals surface area contributed by atoms with Gasteiger partial charge in [-0.3, -0.25) is 9.59 Å². The van der Waals surface area contributed by atoms with Crippen molar-refractivity contribution in [1.82, 2.24) is 5.32 Å². The molecule has 1 aliphatic rings. The largest absolute Gasteiger partial charge is 0.494 e. The molecule has 1 aromatic carbocycles. The van der Waals surface area contributed by atoms with E-state index in [9.17, 15) is 9.59 Å². The van der Waals surface area contributed by atoms with Gasteiger partial charge >= 0.3 is 5.97 Å². The average Bonchev–Trinajstić information content (AvgIpc) is 2.72. The molecule has 0 aliphatic carbocycles. The Bertz CT molecular complexity index is 472. The van der Waals surface area contributed by atoms with Crippen LogP contribution in [0.1, 0.15) is 18.4 Å². The summed E-state index contributed by atoms with van der Waals surface area (Å²) >= 11 is 0. The second-order valence-electron chi connectivity index (χ2n) is 4.14. The molecular weight excluding hydrogens is 234 g/mol. The maximum atomic E-state index is 11.5. The highest BCUT2D eigenvalue weighted by molar-refractivity contribution is 6.00. The number of hydrogen-bond acceptors (Lipinski definition) is 3. The number of aliphatic carboxylic acids is 1. The van der Waals surface area contributed by atoms with Crippen molar-refractivity contribution in [3.05, 3.63) is 29.8 Å². The molecule has 1 heterocycles. The van der Waals surface area contributed by atoms with Crippen molar-refractivity contribution in [1.29, 1.82) is 0 Å². The van der Waals surface area contributed by atoms with Crippen molar-refractivity contribution < 1.29 is 19.4 Å². The fraction of sp³-hybridized carbons (Fsp3) is 0.385. The Morgan fingerprint density at radius 1 is 1.50 bits per heavy atom. The SMILES string of the molecule is CCOc1ccccc1[C@H]1CNC(=O)[C@H]1C(=O)O. The van der Waals surface area contributed by atoms with Gasteiger partial charge in [-0.15, -0.1) is 0 Å². The van der Waals surface area contributed by atoms with Crippen LogP contribution in [0.15, 0.2) is 24.3 Å². The molecule has 0 radical (unpaired) electrons. The first-order valence-electron chi connectivity index (χ1n) is 5.87. The van der Waals surface area contributed by atoms with Crippen LogP contribution in [0.2, 0.25) is 0 Å². The third-order valence-electron chi connectivity index (χ3n) is 3.07. The van der Waals surface area contributed by atoms with Crippen molar-refractivity contribution in [2.24, 2.45) is 5.92 Å². The van der Waals surface area contributed by atoms with Crippen LogP contribution in [0.3, 0.4) is 0 Å². The van der Waals surface area contributed by atoms with E-state index in [4.69, 9.17) is 9.84 Å². The summed E-state index contributed by atoms with van der Waals surface area (Å²) in [5, 5.41) is 11.7. The van der Waals surface area contributed by atoms with Gasteiger partial charge in [0, 0.05) is 18.0 Å². The molecule has 2 rings (SSSR count). The molecule has 0 bridgehead atoms. The van der Waals surface area contributed by atoms with Crippen molar-refractivity contribution in [3.63, 3.8) is 0 Å². The molecule has 1 amide bonds. The van der Waals surface area contributed by atoms with E-state index in [1.54, 1.807) is 6.07 Å². The van der Waals surface area contributed by atoms with Crippen LogP contribution in [0.4, 0.5) is 0 Å². The zero-order valence-corrected chi connectivity index (χ0v) is 10.1. The minimum Gasteiger partial charge on any atom is -0.494 e. The number of hydrogen-bond donors (Lipinski definition) is 2. The maximum absolute atomic E-state index is 11.5. The van der Waals surface area contributed by atoms with Crippen LogP contribution in [0.5, 0.6) is 5.75 Å². The number of amides is 1. The lowest BCUT2D eigenvalue weighted by Gasteiger charge is -2.17. The Labute approximate surface area is 105 Å². The van der Waals surface area contributed by atoms with E-state index in [-0.39, 0.29) is 5.92 Å². The van der Waals surface area contributed by atoms with Gasteiger partial charge in [-0.05, 0) is 13.0 Å². The van der Waals surface area contributed by atoms with Crippen molar-refractivity contribution in [2.75, 3.05) is 13.2 Å². The Hall–Kier alpha value is -2.04. The second-order valence-corrected chi connectivity index (χ2v) is 4.14. The first-order valence-corrected chi connectivity index (χ1v) is 5.87. The summed E-state index contributed by atoms with van der Waals surface area (Å²) < 4.78 is 5.48. The Kier molecular flexibility index (Phi) is 3.50. The average molecular weight is 249 g/mol. The van der Waals surface area contributed by atoms with E-state index in [0.717, 1.165) is 5.56 Å². The molecule has 2 atom stereocenters. The molecule has 18 heavy (non-hydrogen) atoms. The number of para-hydroxylation sites is 1. The van der Waals surface area contributed by atoms with E-state index < -0.39 is 17.8 Å². The second kappa shape index (κ2) is 5.08. The van der Waals surface area contributed by atoms with Gasteiger partial charge in [-0.25, -0.2) is 0 Å². The number of ether oxygens (including phenoxy) is 1. The number of carbonyl (C=O) groups excluding carboxylic acids is 1. The van der Waals surface area contributed by atoms with E-state index >= 15 is 0 Å². The molecule has 0 spiro atoms. The summed E-state index contributed by atoms with van der Waals surface area (Å²) in [6, 6.07) is 7.25. The van der Waals surface area contributed by atoms with Gasteiger partial charge in [0.05, 0.1) is 6.61 Å². The van der Waals surface area contributed by atoms with Gasteiger partial charge in [-0.1, -0.05) is 18.2 Å². The van der Waals surface area contributed by atoms with Gasteiger partial charge in [0.2, 0.25) is 5.91 Å². The molecule has 0 aromatic heterocycles. The maximum Gasteiger partial charge on any atom is 0.316 e. The minimum absolute atomic E-state index is 0.333. The Balaban J connectivity index is 2.36. The highest BCUT2D eigenvalue weighted by Crippen LogP contribution is 2.34. The van der Waals surface area contributed by atoms with Gasteiger partial charge < -0.3 is 15.2 Å². The predicted molar refractivity (Wildman–Crippen MR) is 64.5 cm³/mol. The zero-order chi connectivity index (χ0) is 13.1. The van der Waals surface area contributed by atoms with Gasteiger partial charge in [0.1, 0.15) is 11.7 Å². The van der Waals surface area contributed by atoms with Crippen LogP contribution >= 0.6 is 0 Å². The molecule has 1 aromatic rings. The number of rotatable bonds is 4. The van der Waals surface area contributed by atoms with Gasteiger partial charge in [0.25, 0.3) is 0 Å². The molecule has 0 saturated carbocycles. The Morgan fingerprint density at radius 3 is 2.89 bits per heavy atom. The molecule has 5 heteroatoms. The van der Waals surface area contributed by atoms with Crippen LogP contribution in [-0.4, -0.2) is 30.1 Å². The third-order valence-corrected chi connectivity index (χ3v) is 3.07. The summed E-state index contributed by atoms with van der Waals surface area (Å²) in [6.07, 6.45) is 0. The van der Waals surface area contributed by atoms with Crippen LogP contribution in [0.25, 0.3) is 0 Å². The van der Waals surface area contributed by atoms with Crippen LogP contribution < -0.4 is 10.1 Å². The molecular formula is C13H15NO4. The fourth-order valence-electron chi connectivity index (χ4n) is 2.27. The smallest absolute Gasteiger partial charge is 0.316 e. The molecule has 96 valence electrons. The number of carbonyl (C=O) groups is 2.